The molecule has 1 amide bonds. The SMILES string of the molecule is C#CCC[C@H](CC(=O)[C@@H]1[C@@H]2C(CN1C(=O)[C@@H](N)C(C)(C)C)C2(C)C)C(O)C(=O)CCC=C. The van der Waals surface area contributed by atoms with Crippen molar-refractivity contribution in [2.45, 2.75) is 84.9 Å². The van der Waals surface area contributed by atoms with Gasteiger partial charge in [0.1, 0.15) is 6.10 Å². The largest absolute Gasteiger partial charge is 0.385 e. The third-order valence-corrected chi connectivity index (χ3v) is 7.51. The minimum absolute atomic E-state index is 0.0151. The summed E-state index contributed by atoms with van der Waals surface area (Å²) in [6, 6.07) is -1.28. The van der Waals surface area contributed by atoms with Crippen LogP contribution >= 0.6 is 0 Å². The van der Waals surface area contributed by atoms with Crippen LogP contribution < -0.4 is 5.73 Å². The van der Waals surface area contributed by atoms with Gasteiger partial charge >= 0.3 is 0 Å². The lowest BCUT2D eigenvalue weighted by molar-refractivity contribution is -0.143. The number of aliphatic hydroxyl groups is 1. The van der Waals surface area contributed by atoms with Gasteiger partial charge in [0.25, 0.3) is 0 Å². The molecule has 32 heavy (non-hydrogen) atoms. The van der Waals surface area contributed by atoms with Gasteiger partial charge in [0.05, 0.1) is 12.1 Å². The molecule has 1 saturated heterocycles. The molecule has 3 N–H and O–H groups in total. The van der Waals surface area contributed by atoms with Crippen molar-refractivity contribution in [1.29, 1.82) is 0 Å². The van der Waals surface area contributed by atoms with E-state index in [0.717, 1.165) is 0 Å². The number of carbonyl (C=O) groups is 3. The Balaban J connectivity index is 2.23. The number of Topliss-reactive ketones (excluding diaryl/α,β-unsaturated/α-hetero) is 2. The van der Waals surface area contributed by atoms with Gasteiger partial charge in [0, 0.05) is 25.8 Å². The summed E-state index contributed by atoms with van der Waals surface area (Å²) in [4.78, 5) is 40.8. The molecule has 6 heteroatoms. The number of amides is 1. The van der Waals surface area contributed by atoms with E-state index in [4.69, 9.17) is 12.2 Å². The fourth-order valence-corrected chi connectivity index (χ4v) is 5.11. The van der Waals surface area contributed by atoms with E-state index in [9.17, 15) is 19.5 Å². The first-order valence-corrected chi connectivity index (χ1v) is 11.6. The smallest absolute Gasteiger partial charge is 0.240 e. The summed E-state index contributed by atoms with van der Waals surface area (Å²) < 4.78 is 0. The quantitative estimate of drug-likeness (QED) is 0.377. The number of allylic oxidation sites excluding steroid dienone is 1. The molecule has 6 atom stereocenters. The zero-order valence-corrected chi connectivity index (χ0v) is 20.3. The van der Waals surface area contributed by atoms with Crippen LogP contribution in [0.1, 0.15) is 66.7 Å². The van der Waals surface area contributed by atoms with Crippen molar-refractivity contribution in [3.63, 3.8) is 0 Å². The molecule has 2 fully saturated rings. The van der Waals surface area contributed by atoms with Crippen molar-refractivity contribution in [3.05, 3.63) is 12.7 Å². The average Bonchev–Trinajstić information content (AvgIpc) is 3.05. The Morgan fingerprint density at radius 2 is 1.97 bits per heavy atom. The van der Waals surface area contributed by atoms with E-state index in [2.05, 4.69) is 26.3 Å². The van der Waals surface area contributed by atoms with Gasteiger partial charge in [-0.1, -0.05) is 40.7 Å². The Labute approximate surface area is 193 Å². The van der Waals surface area contributed by atoms with Crippen LogP contribution in [0, 0.1) is 40.9 Å². The van der Waals surface area contributed by atoms with Crippen LogP contribution in [-0.4, -0.2) is 52.2 Å². The minimum Gasteiger partial charge on any atom is -0.385 e. The Morgan fingerprint density at radius 3 is 2.50 bits per heavy atom. The van der Waals surface area contributed by atoms with Crippen molar-refractivity contribution in [2.75, 3.05) is 6.54 Å². The Hall–Kier alpha value is -1.97. The van der Waals surface area contributed by atoms with Crippen LogP contribution in [0.25, 0.3) is 0 Å². The molecule has 0 aromatic carbocycles. The summed E-state index contributed by atoms with van der Waals surface area (Å²) in [7, 11) is 0. The van der Waals surface area contributed by atoms with Crippen LogP contribution in [0.3, 0.4) is 0 Å². The van der Waals surface area contributed by atoms with Crippen molar-refractivity contribution in [2.24, 2.45) is 34.3 Å². The van der Waals surface area contributed by atoms with Crippen LogP contribution in [0.5, 0.6) is 0 Å². The van der Waals surface area contributed by atoms with E-state index in [-0.39, 0.29) is 47.6 Å². The second kappa shape index (κ2) is 9.89. The lowest BCUT2D eigenvalue weighted by atomic mass is 9.83. The second-order valence-electron chi connectivity index (χ2n) is 11.1. The van der Waals surface area contributed by atoms with Gasteiger partial charge in [0.15, 0.2) is 11.6 Å². The number of ketones is 2. The summed E-state index contributed by atoms with van der Waals surface area (Å²) in [6.45, 7) is 14.1. The number of hydrogen-bond donors (Lipinski definition) is 2. The van der Waals surface area contributed by atoms with Gasteiger partial charge in [-0.05, 0) is 41.4 Å². The molecule has 1 aliphatic heterocycles. The molecule has 0 aromatic heterocycles. The highest BCUT2D eigenvalue weighted by molar-refractivity contribution is 5.93. The van der Waals surface area contributed by atoms with Crippen molar-refractivity contribution < 1.29 is 19.5 Å². The van der Waals surface area contributed by atoms with Crippen LogP contribution in [0.2, 0.25) is 0 Å². The van der Waals surface area contributed by atoms with Crippen molar-refractivity contribution in [1.82, 2.24) is 4.90 Å². The van der Waals surface area contributed by atoms with E-state index < -0.39 is 29.5 Å². The molecule has 0 bridgehead atoms. The average molecular weight is 445 g/mol. The Morgan fingerprint density at radius 1 is 1.34 bits per heavy atom. The summed E-state index contributed by atoms with van der Waals surface area (Å²) in [6.07, 6.45) is 7.19. The van der Waals surface area contributed by atoms with Crippen LogP contribution in [0.15, 0.2) is 12.7 Å². The molecule has 2 rings (SSSR count). The van der Waals surface area contributed by atoms with E-state index in [1.54, 1.807) is 11.0 Å². The maximum Gasteiger partial charge on any atom is 0.240 e. The number of nitrogens with zero attached hydrogens (tertiary/aromatic N) is 1. The first-order chi connectivity index (χ1) is 14.8. The third-order valence-electron chi connectivity index (χ3n) is 7.51. The number of terminal acetylenes is 1. The maximum atomic E-state index is 13.5. The first-order valence-electron chi connectivity index (χ1n) is 11.6. The molecule has 6 nitrogen and oxygen atoms in total. The highest BCUT2D eigenvalue weighted by Gasteiger charge is 2.69. The number of fused-ring (bicyclic) bond motifs is 1. The molecular formula is C26H40N2O4. The number of likely N-dealkylation sites (tertiary alicyclic amines) is 1. The highest BCUT2D eigenvalue weighted by Crippen LogP contribution is 2.65. The molecule has 1 aliphatic carbocycles. The van der Waals surface area contributed by atoms with Gasteiger partial charge in [-0.15, -0.1) is 18.9 Å². The molecule has 0 spiro atoms. The molecule has 2 aliphatic rings. The second-order valence-corrected chi connectivity index (χ2v) is 11.1. The van der Waals surface area contributed by atoms with E-state index >= 15 is 0 Å². The predicted octanol–water partition coefficient (Wildman–Crippen LogP) is 2.73. The number of rotatable bonds is 11. The van der Waals surface area contributed by atoms with Crippen molar-refractivity contribution in [3.8, 4) is 12.3 Å². The molecule has 178 valence electrons. The summed E-state index contributed by atoms with van der Waals surface area (Å²) in [5.41, 5.74) is 5.81. The van der Waals surface area contributed by atoms with Crippen molar-refractivity contribution >= 4 is 17.5 Å². The number of hydrogen-bond acceptors (Lipinski definition) is 5. The maximum absolute atomic E-state index is 13.5. The fraction of sp³-hybridized carbons (Fsp3) is 0.731. The van der Waals surface area contributed by atoms with E-state index in [1.807, 2.05) is 20.8 Å². The third kappa shape index (κ3) is 5.32. The molecule has 1 heterocycles. The highest BCUT2D eigenvalue weighted by atomic mass is 16.3. The topological polar surface area (TPSA) is 101 Å². The molecule has 2 unspecified atom stereocenters. The van der Waals surface area contributed by atoms with Gasteiger partial charge in [0.2, 0.25) is 5.91 Å². The Bertz CT molecular complexity index is 789. The predicted molar refractivity (Wildman–Crippen MR) is 125 cm³/mol. The lowest BCUT2D eigenvalue weighted by Crippen LogP contribution is -2.55. The number of aliphatic hydroxyl groups excluding tert-OH is 1. The molecule has 0 aromatic rings. The number of carbonyl (C=O) groups excluding carboxylic acids is 3. The zero-order valence-electron chi connectivity index (χ0n) is 20.3. The fourth-order valence-electron chi connectivity index (χ4n) is 5.11. The summed E-state index contributed by atoms with van der Waals surface area (Å²) in [5.74, 6) is 1.68. The first kappa shape index (κ1) is 26.3. The molecular weight excluding hydrogens is 404 g/mol. The van der Waals surface area contributed by atoms with Crippen LogP contribution in [-0.2, 0) is 14.4 Å². The van der Waals surface area contributed by atoms with E-state index in [0.29, 0.717) is 25.8 Å². The molecule has 1 saturated carbocycles. The monoisotopic (exact) mass is 444 g/mol. The number of piperidine rings is 1. The minimum atomic E-state index is -1.25. The lowest BCUT2D eigenvalue weighted by Gasteiger charge is -2.36. The molecule has 0 radical (unpaired) electrons. The van der Waals surface area contributed by atoms with Gasteiger partial charge in [-0.3, -0.25) is 14.4 Å². The normalized spacial score (nSPS) is 26.4. The zero-order chi connectivity index (χ0) is 24.4. The number of nitrogens with two attached hydrogens (primary N) is 1. The summed E-state index contributed by atoms with van der Waals surface area (Å²) in [5, 5.41) is 10.7. The Kier molecular flexibility index (Phi) is 8.12. The van der Waals surface area contributed by atoms with Gasteiger partial charge in [-0.2, -0.15) is 0 Å². The van der Waals surface area contributed by atoms with E-state index in [1.165, 1.54) is 0 Å². The summed E-state index contributed by atoms with van der Waals surface area (Å²) >= 11 is 0. The van der Waals surface area contributed by atoms with Crippen LogP contribution in [0.4, 0.5) is 0 Å². The van der Waals surface area contributed by atoms with Gasteiger partial charge < -0.3 is 15.7 Å². The van der Waals surface area contributed by atoms with Gasteiger partial charge in [-0.25, -0.2) is 0 Å². The standard InChI is InChI=1S/C26H40N2O4/c1-8-10-12-16(22(31)18(29)13-11-9-2)14-19(30)21-20-17(26(20,6)7)15-28(21)24(32)23(27)25(3,4)5/h1,9,16-17,20-23,31H,2,10-15,27H2,3-7H3/t16-,17?,20+,21-,22?,23-/m1/s1.